The van der Waals surface area contributed by atoms with E-state index in [0.717, 1.165) is 11.8 Å². The third kappa shape index (κ3) is 3.20. The van der Waals surface area contributed by atoms with Gasteiger partial charge in [-0.05, 0) is 41.8 Å². The van der Waals surface area contributed by atoms with Crippen LogP contribution in [-0.4, -0.2) is 19.8 Å². The van der Waals surface area contributed by atoms with E-state index in [1.165, 1.54) is 12.1 Å². The van der Waals surface area contributed by atoms with Crippen molar-refractivity contribution in [1.29, 1.82) is 0 Å². The standard InChI is InChI=1S/C15H15ClO3S/c1-10-3-4-12(9-14(10)16)15(17)11-5-7-13(8-6-11)20(2,18)19/h3-9,15,17H,1-2H3. The number of aliphatic hydroxyl groups excluding tert-OH is 1. The summed E-state index contributed by atoms with van der Waals surface area (Å²) in [5.41, 5.74) is 2.24. The molecule has 0 fully saturated rings. The largest absolute Gasteiger partial charge is 0.384 e. The highest BCUT2D eigenvalue weighted by atomic mass is 35.5. The van der Waals surface area contributed by atoms with E-state index in [2.05, 4.69) is 0 Å². The van der Waals surface area contributed by atoms with Crippen molar-refractivity contribution in [3.63, 3.8) is 0 Å². The highest BCUT2D eigenvalue weighted by Crippen LogP contribution is 2.26. The Bertz CT molecular complexity index is 721. The van der Waals surface area contributed by atoms with Gasteiger partial charge in [0.2, 0.25) is 0 Å². The van der Waals surface area contributed by atoms with Gasteiger partial charge in [-0.25, -0.2) is 8.42 Å². The lowest BCUT2D eigenvalue weighted by atomic mass is 10.0. The topological polar surface area (TPSA) is 54.4 Å². The predicted octanol–water partition coefficient (Wildman–Crippen LogP) is 3.13. The summed E-state index contributed by atoms with van der Waals surface area (Å²) in [7, 11) is -3.22. The highest BCUT2D eigenvalue weighted by molar-refractivity contribution is 7.90. The Morgan fingerprint density at radius 3 is 2.10 bits per heavy atom. The van der Waals surface area contributed by atoms with Gasteiger partial charge in [0, 0.05) is 11.3 Å². The van der Waals surface area contributed by atoms with Gasteiger partial charge in [-0.1, -0.05) is 35.9 Å². The second-order valence-electron chi connectivity index (χ2n) is 4.75. The molecule has 0 amide bonds. The third-order valence-electron chi connectivity index (χ3n) is 3.14. The van der Waals surface area contributed by atoms with E-state index in [-0.39, 0.29) is 4.90 Å². The summed E-state index contributed by atoms with van der Waals surface area (Å²) in [6.45, 7) is 1.89. The number of halogens is 1. The van der Waals surface area contributed by atoms with Crippen molar-refractivity contribution in [3.05, 3.63) is 64.2 Å². The van der Waals surface area contributed by atoms with Crippen LogP contribution in [-0.2, 0) is 9.84 Å². The molecule has 1 unspecified atom stereocenters. The summed E-state index contributed by atoms with van der Waals surface area (Å²) in [6.07, 6.45) is 0.319. The lowest BCUT2D eigenvalue weighted by Crippen LogP contribution is -2.02. The van der Waals surface area contributed by atoms with Crippen LogP contribution in [0.2, 0.25) is 5.02 Å². The molecule has 106 valence electrons. The lowest BCUT2D eigenvalue weighted by Gasteiger charge is -2.13. The zero-order valence-corrected chi connectivity index (χ0v) is 12.7. The van der Waals surface area contributed by atoms with Crippen molar-refractivity contribution in [2.24, 2.45) is 0 Å². The van der Waals surface area contributed by atoms with Gasteiger partial charge in [-0.2, -0.15) is 0 Å². The van der Waals surface area contributed by atoms with Crippen LogP contribution in [0, 0.1) is 6.92 Å². The number of aryl methyl sites for hydroxylation is 1. The number of hydrogen-bond acceptors (Lipinski definition) is 3. The van der Waals surface area contributed by atoms with Gasteiger partial charge in [0.25, 0.3) is 0 Å². The Hall–Kier alpha value is -1.36. The van der Waals surface area contributed by atoms with Gasteiger partial charge in [0.05, 0.1) is 4.90 Å². The molecule has 1 atom stereocenters. The Kier molecular flexibility index (Phi) is 4.18. The molecule has 5 heteroatoms. The molecule has 2 aromatic carbocycles. The SMILES string of the molecule is Cc1ccc(C(O)c2ccc(S(C)(=O)=O)cc2)cc1Cl. The van der Waals surface area contributed by atoms with E-state index in [0.29, 0.717) is 16.1 Å². The number of benzene rings is 2. The Morgan fingerprint density at radius 2 is 1.60 bits per heavy atom. The molecule has 0 radical (unpaired) electrons. The molecule has 2 aromatic rings. The monoisotopic (exact) mass is 310 g/mol. The van der Waals surface area contributed by atoms with Gasteiger partial charge in [-0.15, -0.1) is 0 Å². The van der Waals surface area contributed by atoms with Crippen molar-refractivity contribution in [2.45, 2.75) is 17.9 Å². The van der Waals surface area contributed by atoms with Crippen LogP contribution in [0.3, 0.4) is 0 Å². The molecule has 0 aliphatic rings. The van der Waals surface area contributed by atoms with Crippen LogP contribution in [0.4, 0.5) is 0 Å². The number of aliphatic hydroxyl groups is 1. The van der Waals surface area contributed by atoms with E-state index in [1.807, 2.05) is 13.0 Å². The molecular weight excluding hydrogens is 296 g/mol. The fraction of sp³-hybridized carbons (Fsp3) is 0.200. The van der Waals surface area contributed by atoms with Gasteiger partial charge in [-0.3, -0.25) is 0 Å². The van der Waals surface area contributed by atoms with E-state index < -0.39 is 15.9 Å². The first kappa shape index (κ1) is 15.0. The molecule has 0 bridgehead atoms. The molecule has 0 aliphatic carbocycles. The van der Waals surface area contributed by atoms with E-state index in [9.17, 15) is 13.5 Å². The Morgan fingerprint density at radius 1 is 1.05 bits per heavy atom. The molecular formula is C15H15ClO3S. The first-order valence-electron chi connectivity index (χ1n) is 6.03. The van der Waals surface area contributed by atoms with Gasteiger partial charge >= 0.3 is 0 Å². The van der Waals surface area contributed by atoms with Gasteiger partial charge in [0.15, 0.2) is 9.84 Å². The lowest BCUT2D eigenvalue weighted by molar-refractivity contribution is 0.220. The van der Waals surface area contributed by atoms with Crippen molar-refractivity contribution in [3.8, 4) is 0 Å². The van der Waals surface area contributed by atoms with E-state index >= 15 is 0 Å². The second-order valence-corrected chi connectivity index (χ2v) is 7.18. The molecule has 0 heterocycles. The smallest absolute Gasteiger partial charge is 0.175 e. The van der Waals surface area contributed by atoms with Crippen molar-refractivity contribution < 1.29 is 13.5 Å². The first-order chi connectivity index (χ1) is 9.29. The van der Waals surface area contributed by atoms with Crippen LogP contribution in [0.25, 0.3) is 0 Å². The van der Waals surface area contributed by atoms with Crippen molar-refractivity contribution >= 4 is 21.4 Å². The molecule has 1 N–H and O–H groups in total. The highest BCUT2D eigenvalue weighted by Gasteiger charge is 2.13. The summed E-state index contributed by atoms with van der Waals surface area (Å²) in [4.78, 5) is 0.232. The molecule has 0 saturated heterocycles. The zero-order chi connectivity index (χ0) is 14.9. The number of rotatable bonds is 3. The van der Waals surface area contributed by atoms with Gasteiger partial charge in [0.1, 0.15) is 6.10 Å². The minimum absolute atomic E-state index is 0.232. The maximum Gasteiger partial charge on any atom is 0.175 e. The normalized spacial score (nSPS) is 13.2. The first-order valence-corrected chi connectivity index (χ1v) is 8.30. The summed E-state index contributed by atoms with van der Waals surface area (Å²) < 4.78 is 22.8. The molecule has 3 nitrogen and oxygen atoms in total. The summed E-state index contributed by atoms with van der Waals surface area (Å²) in [6, 6.07) is 11.5. The number of sulfone groups is 1. The molecule has 0 spiro atoms. The fourth-order valence-corrected chi connectivity index (χ4v) is 2.69. The average Bonchev–Trinajstić information content (AvgIpc) is 2.40. The van der Waals surface area contributed by atoms with Crippen LogP contribution in [0.15, 0.2) is 47.4 Å². The van der Waals surface area contributed by atoms with Crippen LogP contribution in [0.1, 0.15) is 22.8 Å². The Labute approximate surface area is 123 Å². The number of hydrogen-bond donors (Lipinski definition) is 1. The molecule has 0 saturated carbocycles. The fourth-order valence-electron chi connectivity index (χ4n) is 1.87. The quantitative estimate of drug-likeness (QED) is 0.947. The maximum atomic E-state index is 11.4. The second kappa shape index (κ2) is 5.56. The van der Waals surface area contributed by atoms with Crippen LogP contribution >= 0.6 is 11.6 Å². The Balaban J connectivity index is 2.33. The van der Waals surface area contributed by atoms with E-state index in [1.54, 1.807) is 24.3 Å². The molecule has 20 heavy (non-hydrogen) atoms. The minimum Gasteiger partial charge on any atom is -0.384 e. The molecule has 2 rings (SSSR count). The van der Waals surface area contributed by atoms with Gasteiger partial charge < -0.3 is 5.11 Å². The van der Waals surface area contributed by atoms with Crippen LogP contribution in [0.5, 0.6) is 0 Å². The van der Waals surface area contributed by atoms with Crippen molar-refractivity contribution in [1.82, 2.24) is 0 Å². The third-order valence-corrected chi connectivity index (χ3v) is 4.67. The van der Waals surface area contributed by atoms with Crippen LogP contribution < -0.4 is 0 Å². The zero-order valence-electron chi connectivity index (χ0n) is 11.2. The average molecular weight is 311 g/mol. The molecule has 0 aliphatic heterocycles. The van der Waals surface area contributed by atoms with Crippen molar-refractivity contribution in [2.75, 3.05) is 6.26 Å². The maximum absolute atomic E-state index is 11.4. The summed E-state index contributed by atoms with van der Waals surface area (Å²) >= 11 is 6.04. The summed E-state index contributed by atoms with van der Waals surface area (Å²) in [5.74, 6) is 0. The van der Waals surface area contributed by atoms with E-state index in [4.69, 9.17) is 11.6 Å². The predicted molar refractivity (Wildman–Crippen MR) is 79.8 cm³/mol. The summed E-state index contributed by atoms with van der Waals surface area (Å²) in [5, 5.41) is 10.9. The minimum atomic E-state index is -3.22. The molecule has 0 aromatic heterocycles.